The van der Waals surface area contributed by atoms with Gasteiger partial charge in [0.15, 0.2) is 5.78 Å². The number of likely N-dealkylation sites (tertiary alicyclic amines) is 1. The Hall–Kier alpha value is -3.39. The van der Waals surface area contributed by atoms with E-state index in [4.69, 9.17) is 0 Å². The molecule has 0 amide bonds. The average molecular weight is 416 g/mol. The highest BCUT2D eigenvalue weighted by atomic mass is 16.1. The number of carbonyl (C=O) groups excluding carboxylic acids is 1. The Kier molecular flexibility index (Phi) is 5.07. The maximum Gasteiger partial charge on any atom is 0.172 e. The number of hydrogen-bond donors (Lipinski definition) is 0. The zero-order chi connectivity index (χ0) is 21.4. The monoisotopic (exact) mass is 415 g/mol. The number of benzene rings is 1. The molecule has 1 aliphatic rings. The number of aryl methyl sites for hydroxylation is 1. The minimum Gasteiger partial charge on any atom is -0.306 e. The molecule has 4 heterocycles. The van der Waals surface area contributed by atoms with Gasteiger partial charge in [-0.2, -0.15) is 20.4 Å². The molecule has 0 atom stereocenters. The van der Waals surface area contributed by atoms with E-state index in [1.807, 2.05) is 48.5 Å². The highest BCUT2D eigenvalue weighted by molar-refractivity contribution is 5.97. The second-order valence-corrected chi connectivity index (χ2v) is 8.36. The number of ketones is 1. The second kappa shape index (κ2) is 8.03. The van der Waals surface area contributed by atoms with E-state index in [2.05, 4.69) is 38.4 Å². The lowest BCUT2D eigenvalue weighted by atomic mass is 10.0. The predicted octanol–water partition coefficient (Wildman–Crippen LogP) is 2.92. The fraction of sp³-hybridized carbons (Fsp3) is 0.348. The van der Waals surface area contributed by atoms with Crippen molar-refractivity contribution in [3.63, 3.8) is 0 Å². The van der Waals surface area contributed by atoms with Gasteiger partial charge in [-0.1, -0.05) is 6.07 Å². The van der Waals surface area contributed by atoms with Crippen molar-refractivity contribution in [2.75, 3.05) is 20.1 Å². The lowest BCUT2D eigenvalue weighted by Crippen LogP contribution is -2.31. The van der Waals surface area contributed by atoms with Crippen LogP contribution in [0.15, 0.2) is 49.1 Å². The van der Waals surface area contributed by atoms with Crippen LogP contribution in [0.3, 0.4) is 0 Å². The van der Waals surface area contributed by atoms with E-state index in [1.54, 1.807) is 10.9 Å². The maximum absolute atomic E-state index is 12.8. The molecular formula is C23H25N7O. The number of piperidine rings is 1. The van der Waals surface area contributed by atoms with Crippen LogP contribution in [0.1, 0.15) is 34.9 Å². The highest BCUT2D eigenvalue weighted by Crippen LogP contribution is 2.24. The Balaban J connectivity index is 1.33. The van der Waals surface area contributed by atoms with Gasteiger partial charge in [-0.25, -0.2) is 0 Å². The van der Waals surface area contributed by atoms with Gasteiger partial charge >= 0.3 is 0 Å². The summed E-state index contributed by atoms with van der Waals surface area (Å²) in [5.41, 5.74) is 4.20. The number of Topliss-reactive ketones (excluding diaryl/α,β-unsaturated/α-hetero) is 1. The zero-order valence-electron chi connectivity index (χ0n) is 17.8. The molecular weight excluding hydrogens is 390 g/mol. The first-order chi connectivity index (χ1) is 15.0. The molecule has 0 radical (unpaired) electrons. The SMILES string of the molecule is CN1CCC(n2cc(C(=O)Cc3cc4cc(-c5cnn(C)c5)ccc4nn3)cn2)CC1. The highest BCUT2D eigenvalue weighted by Gasteiger charge is 2.20. The van der Waals surface area contributed by atoms with Gasteiger partial charge in [-0.05, 0) is 56.7 Å². The first kappa shape index (κ1) is 19.6. The summed E-state index contributed by atoms with van der Waals surface area (Å²) in [6.45, 7) is 2.11. The summed E-state index contributed by atoms with van der Waals surface area (Å²) in [6.07, 6.45) is 9.69. The number of rotatable bonds is 5. The number of hydrogen-bond acceptors (Lipinski definition) is 6. The van der Waals surface area contributed by atoms with Gasteiger partial charge in [0.2, 0.25) is 0 Å². The molecule has 3 aromatic heterocycles. The summed E-state index contributed by atoms with van der Waals surface area (Å²) in [4.78, 5) is 15.2. The number of aromatic nitrogens is 6. The molecule has 31 heavy (non-hydrogen) atoms. The van der Waals surface area contributed by atoms with Gasteiger partial charge in [-0.3, -0.25) is 14.2 Å². The molecule has 5 rings (SSSR count). The third kappa shape index (κ3) is 4.11. The summed E-state index contributed by atoms with van der Waals surface area (Å²) >= 11 is 0. The summed E-state index contributed by atoms with van der Waals surface area (Å²) in [7, 11) is 4.03. The van der Waals surface area contributed by atoms with Crippen molar-refractivity contribution in [2.24, 2.45) is 7.05 Å². The van der Waals surface area contributed by atoms with Crippen molar-refractivity contribution < 1.29 is 4.79 Å². The molecule has 1 aromatic carbocycles. The summed E-state index contributed by atoms with van der Waals surface area (Å²) in [6, 6.07) is 8.33. The van der Waals surface area contributed by atoms with E-state index in [-0.39, 0.29) is 12.2 Å². The predicted molar refractivity (Wildman–Crippen MR) is 118 cm³/mol. The van der Waals surface area contributed by atoms with Crippen molar-refractivity contribution in [2.45, 2.75) is 25.3 Å². The van der Waals surface area contributed by atoms with Gasteiger partial charge < -0.3 is 4.90 Å². The summed E-state index contributed by atoms with van der Waals surface area (Å²) in [5.74, 6) is 0.0104. The quantitative estimate of drug-likeness (QED) is 0.466. The van der Waals surface area contributed by atoms with Crippen molar-refractivity contribution in [3.8, 4) is 11.1 Å². The molecule has 1 fully saturated rings. The largest absolute Gasteiger partial charge is 0.306 e. The standard InChI is InChI=1S/C23H25N7O/c1-28-7-5-21(6-8-28)30-15-19(13-25-30)23(31)11-20-10-17-9-16(3-4-22(17)27-26-20)18-12-24-29(2)14-18/h3-4,9-10,12-15,21H,5-8,11H2,1-2H3. The van der Waals surface area contributed by atoms with E-state index in [9.17, 15) is 4.79 Å². The van der Waals surface area contributed by atoms with E-state index in [0.717, 1.165) is 48.0 Å². The van der Waals surface area contributed by atoms with Crippen LogP contribution >= 0.6 is 0 Å². The molecule has 0 aliphatic carbocycles. The van der Waals surface area contributed by atoms with E-state index in [1.165, 1.54) is 0 Å². The number of nitrogens with zero attached hydrogens (tertiary/aromatic N) is 7. The van der Waals surface area contributed by atoms with Crippen LogP contribution in [0.25, 0.3) is 22.0 Å². The van der Waals surface area contributed by atoms with E-state index < -0.39 is 0 Å². The zero-order valence-corrected chi connectivity index (χ0v) is 17.8. The van der Waals surface area contributed by atoms with Crippen LogP contribution in [0.2, 0.25) is 0 Å². The lowest BCUT2D eigenvalue weighted by Gasteiger charge is -2.28. The first-order valence-corrected chi connectivity index (χ1v) is 10.6. The Morgan fingerprint density at radius 2 is 1.84 bits per heavy atom. The van der Waals surface area contributed by atoms with Crippen molar-refractivity contribution in [1.29, 1.82) is 0 Å². The smallest absolute Gasteiger partial charge is 0.172 e. The molecule has 8 nitrogen and oxygen atoms in total. The molecule has 8 heteroatoms. The molecule has 1 saturated heterocycles. The minimum atomic E-state index is 0.0104. The topological polar surface area (TPSA) is 81.7 Å². The third-order valence-electron chi connectivity index (χ3n) is 6.00. The molecule has 0 spiro atoms. The van der Waals surface area contributed by atoms with E-state index >= 15 is 0 Å². The van der Waals surface area contributed by atoms with Crippen LogP contribution < -0.4 is 0 Å². The summed E-state index contributed by atoms with van der Waals surface area (Å²) in [5, 5.41) is 18.2. The van der Waals surface area contributed by atoms with Crippen molar-refractivity contribution in [3.05, 3.63) is 60.3 Å². The normalized spacial score (nSPS) is 15.5. The van der Waals surface area contributed by atoms with Crippen LogP contribution in [0.4, 0.5) is 0 Å². The lowest BCUT2D eigenvalue weighted by molar-refractivity contribution is 0.0991. The Bertz CT molecular complexity index is 1230. The molecule has 1 aliphatic heterocycles. The molecule has 0 N–H and O–H groups in total. The Morgan fingerprint density at radius 1 is 1.00 bits per heavy atom. The fourth-order valence-electron chi connectivity index (χ4n) is 4.13. The van der Waals surface area contributed by atoms with Gasteiger partial charge in [0.1, 0.15) is 0 Å². The molecule has 4 aromatic rings. The minimum absolute atomic E-state index is 0.0104. The fourth-order valence-corrected chi connectivity index (χ4v) is 4.13. The van der Waals surface area contributed by atoms with Crippen molar-refractivity contribution >= 4 is 16.7 Å². The van der Waals surface area contributed by atoms with Crippen LogP contribution in [0.5, 0.6) is 0 Å². The Morgan fingerprint density at radius 3 is 2.61 bits per heavy atom. The molecule has 0 unspecified atom stereocenters. The molecule has 158 valence electrons. The Labute approximate surface area is 180 Å². The maximum atomic E-state index is 12.8. The summed E-state index contributed by atoms with van der Waals surface area (Å²) < 4.78 is 3.73. The van der Waals surface area contributed by atoms with Gasteiger partial charge in [-0.15, -0.1) is 0 Å². The van der Waals surface area contributed by atoms with Gasteiger partial charge in [0, 0.05) is 30.4 Å². The van der Waals surface area contributed by atoms with Crippen LogP contribution in [0, 0.1) is 0 Å². The molecule has 0 bridgehead atoms. The van der Waals surface area contributed by atoms with Gasteiger partial charge in [0.25, 0.3) is 0 Å². The van der Waals surface area contributed by atoms with Crippen LogP contribution in [-0.4, -0.2) is 60.6 Å². The second-order valence-electron chi connectivity index (χ2n) is 8.36. The van der Waals surface area contributed by atoms with Crippen molar-refractivity contribution in [1.82, 2.24) is 34.7 Å². The number of fused-ring (bicyclic) bond motifs is 1. The van der Waals surface area contributed by atoms with E-state index in [0.29, 0.717) is 17.3 Å². The average Bonchev–Trinajstić information content (AvgIpc) is 3.43. The molecule has 0 saturated carbocycles. The van der Waals surface area contributed by atoms with Gasteiger partial charge in [0.05, 0.1) is 41.6 Å². The number of carbonyl (C=O) groups is 1. The van der Waals surface area contributed by atoms with Crippen LogP contribution in [-0.2, 0) is 13.5 Å². The first-order valence-electron chi connectivity index (χ1n) is 10.6. The third-order valence-corrected chi connectivity index (χ3v) is 6.00.